The number of amides is 2. The molecule has 3 unspecified atom stereocenters. The lowest BCUT2D eigenvalue weighted by atomic mass is 9.92. The van der Waals surface area contributed by atoms with Gasteiger partial charge in [-0.1, -0.05) is 26.0 Å². The minimum Gasteiger partial charge on any atom is -0.488 e. The molecule has 0 bridgehead atoms. The molecule has 1 aromatic carbocycles. The molecule has 0 saturated carbocycles. The predicted molar refractivity (Wildman–Crippen MR) is 84.4 cm³/mol. The Morgan fingerprint density at radius 1 is 1.36 bits per heavy atom. The van der Waals surface area contributed by atoms with Crippen molar-refractivity contribution < 1.29 is 13.9 Å². The highest BCUT2D eigenvalue weighted by atomic mass is 19.1. The van der Waals surface area contributed by atoms with Crippen LogP contribution in [-0.2, 0) is 0 Å². The highest BCUT2D eigenvalue weighted by Gasteiger charge is 2.26. The minimum absolute atomic E-state index is 0.0666. The zero-order chi connectivity index (χ0) is 16.1. The van der Waals surface area contributed by atoms with Crippen LogP contribution in [0, 0.1) is 17.7 Å². The molecule has 1 heterocycles. The van der Waals surface area contributed by atoms with Gasteiger partial charge in [-0.25, -0.2) is 9.18 Å². The lowest BCUT2D eigenvalue weighted by Crippen LogP contribution is -2.50. The number of rotatable bonds is 4. The number of nitrogens with zero attached hydrogens (tertiary/aromatic N) is 1. The Bertz CT molecular complexity index is 499. The van der Waals surface area contributed by atoms with Crippen LogP contribution in [0.1, 0.15) is 27.2 Å². The first-order valence-corrected chi connectivity index (χ1v) is 7.88. The summed E-state index contributed by atoms with van der Waals surface area (Å²) in [4.78, 5) is 14.1. The van der Waals surface area contributed by atoms with E-state index in [1.165, 1.54) is 6.07 Å². The van der Waals surface area contributed by atoms with Crippen molar-refractivity contribution in [3.05, 3.63) is 30.1 Å². The fourth-order valence-electron chi connectivity index (χ4n) is 2.95. The van der Waals surface area contributed by atoms with Gasteiger partial charge in [-0.15, -0.1) is 0 Å². The number of carbonyl (C=O) groups excluding carboxylic acids is 1. The van der Waals surface area contributed by atoms with E-state index in [-0.39, 0.29) is 30.2 Å². The number of para-hydroxylation sites is 1. The van der Waals surface area contributed by atoms with Gasteiger partial charge in [0.15, 0.2) is 11.6 Å². The van der Waals surface area contributed by atoms with Gasteiger partial charge in [0.05, 0.1) is 6.04 Å². The van der Waals surface area contributed by atoms with Crippen molar-refractivity contribution >= 4 is 6.03 Å². The van der Waals surface area contributed by atoms with Crippen LogP contribution in [0.15, 0.2) is 24.3 Å². The summed E-state index contributed by atoms with van der Waals surface area (Å²) >= 11 is 0. The summed E-state index contributed by atoms with van der Waals surface area (Å²) in [7, 11) is 0. The first kappa shape index (κ1) is 16.6. The fraction of sp³-hybridized carbons (Fsp3) is 0.588. The molecule has 4 nitrogen and oxygen atoms in total. The van der Waals surface area contributed by atoms with Gasteiger partial charge in [-0.2, -0.15) is 0 Å². The van der Waals surface area contributed by atoms with Gasteiger partial charge in [0, 0.05) is 13.1 Å². The number of nitrogens with one attached hydrogen (secondary N) is 1. The summed E-state index contributed by atoms with van der Waals surface area (Å²) < 4.78 is 18.9. The largest absolute Gasteiger partial charge is 0.488 e. The molecular formula is C17H25FN2O2. The lowest BCUT2D eigenvalue weighted by Gasteiger charge is -2.35. The SMILES string of the molecule is CC1CC(C)CN(C(=O)NC(C)COc2ccccc2F)C1. The molecule has 22 heavy (non-hydrogen) atoms. The van der Waals surface area contributed by atoms with Crippen LogP contribution in [0.5, 0.6) is 5.75 Å². The maximum Gasteiger partial charge on any atom is 0.317 e. The van der Waals surface area contributed by atoms with E-state index in [1.54, 1.807) is 18.2 Å². The third-order valence-corrected chi connectivity index (χ3v) is 3.85. The molecule has 0 spiro atoms. The molecular weight excluding hydrogens is 283 g/mol. The van der Waals surface area contributed by atoms with Gasteiger partial charge in [0.2, 0.25) is 0 Å². The molecule has 1 aliphatic rings. The Labute approximate surface area is 131 Å². The minimum atomic E-state index is -0.389. The number of likely N-dealkylation sites (tertiary alicyclic amines) is 1. The summed E-state index contributed by atoms with van der Waals surface area (Å²) in [5.74, 6) is 0.877. The zero-order valence-corrected chi connectivity index (χ0v) is 13.5. The van der Waals surface area contributed by atoms with Gasteiger partial charge >= 0.3 is 6.03 Å². The van der Waals surface area contributed by atoms with Gasteiger partial charge < -0.3 is 15.0 Å². The zero-order valence-electron chi connectivity index (χ0n) is 13.5. The summed E-state index contributed by atoms with van der Waals surface area (Å²) in [6.45, 7) is 8.01. The summed E-state index contributed by atoms with van der Waals surface area (Å²) in [5, 5.41) is 2.92. The Balaban J connectivity index is 1.80. The number of hydrogen-bond donors (Lipinski definition) is 1. The molecule has 0 radical (unpaired) electrons. The van der Waals surface area contributed by atoms with E-state index in [1.807, 2.05) is 11.8 Å². The number of benzene rings is 1. The highest BCUT2D eigenvalue weighted by molar-refractivity contribution is 5.74. The van der Waals surface area contributed by atoms with Crippen molar-refractivity contribution in [1.82, 2.24) is 10.2 Å². The first-order chi connectivity index (χ1) is 10.5. The van der Waals surface area contributed by atoms with Crippen molar-refractivity contribution in [1.29, 1.82) is 0 Å². The number of carbonyl (C=O) groups is 1. The quantitative estimate of drug-likeness (QED) is 0.927. The number of urea groups is 1. The number of ether oxygens (including phenoxy) is 1. The molecule has 1 aliphatic heterocycles. The number of halogens is 1. The second-order valence-corrected chi connectivity index (χ2v) is 6.44. The maximum absolute atomic E-state index is 13.5. The van der Waals surface area contributed by atoms with Crippen molar-refractivity contribution in [2.75, 3.05) is 19.7 Å². The molecule has 0 aromatic heterocycles. The van der Waals surface area contributed by atoms with E-state index in [0.29, 0.717) is 11.8 Å². The van der Waals surface area contributed by atoms with Gasteiger partial charge in [-0.3, -0.25) is 0 Å². The molecule has 2 rings (SSSR count). The van der Waals surface area contributed by atoms with E-state index in [2.05, 4.69) is 19.2 Å². The summed E-state index contributed by atoms with van der Waals surface area (Å²) in [6.07, 6.45) is 1.16. The first-order valence-electron chi connectivity index (χ1n) is 7.88. The van der Waals surface area contributed by atoms with Crippen LogP contribution >= 0.6 is 0 Å². The molecule has 1 aromatic rings. The second kappa shape index (κ2) is 7.47. The number of hydrogen-bond acceptors (Lipinski definition) is 2. The van der Waals surface area contributed by atoms with Crippen molar-refractivity contribution in [2.24, 2.45) is 11.8 Å². The van der Waals surface area contributed by atoms with Gasteiger partial charge in [-0.05, 0) is 37.3 Å². The smallest absolute Gasteiger partial charge is 0.317 e. The monoisotopic (exact) mass is 308 g/mol. The molecule has 1 fully saturated rings. The molecule has 5 heteroatoms. The van der Waals surface area contributed by atoms with Crippen LogP contribution < -0.4 is 10.1 Å². The van der Waals surface area contributed by atoms with E-state index in [9.17, 15) is 9.18 Å². The van der Waals surface area contributed by atoms with Crippen LogP contribution in [-0.4, -0.2) is 36.7 Å². The standard InChI is InChI=1S/C17H25FN2O2/c1-12-8-13(2)10-20(9-12)17(21)19-14(3)11-22-16-7-5-4-6-15(16)18/h4-7,12-14H,8-11H2,1-3H3,(H,19,21). The third kappa shape index (κ3) is 4.61. The Morgan fingerprint density at radius 2 is 2.00 bits per heavy atom. The molecule has 1 saturated heterocycles. The molecule has 1 N–H and O–H groups in total. The summed E-state index contributed by atoms with van der Waals surface area (Å²) in [5.41, 5.74) is 0. The van der Waals surface area contributed by atoms with Crippen molar-refractivity contribution in [3.8, 4) is 5.75 Å². The normalized spacial score (nSPS) is 23.0. The predicted octanol–water partition coefficient (Wildman–Crippen LogP) is 3.28. The van der Waals surface area contributed by atoms with Crippen LogP contribution in [0.3, 0.4) is 0 Å². The molecule has 122 valence electrons. The molecule has 0 aliphatic carbocycles. The lowest BCUT2D eigenvalue weighted by molar-refractivity contribution is 0.140. The van der Waals surface area contributed by atoms with E-state index < -0.39 is 0 Å². The van der Waals surface area contributed by atoms with Crippen LogP contribution in [0.4, 0.5) is 9.18 Å². The van der Waals surface area contributed by atoms with E-state index >= 15 is 0 Å². The molecule has 3 atom stereocenters. The second-order valence-electron chi connectivity index (χ2n) is 6.44. The van der Waals surface area contributed by atoms with Gasteiger partial charge in [0.25, 0.3) is 0 Å². The summed E-state index contributed by atoms with van der Waals surface area (Å²) in [6, 6.07) is 6.03. The van der Waals surface area contributed by atoms with E-state index in [0.717, 1.165) is 19.5 Å². The average Bonchev–Trinajstić information content (AvgIpc) is 2.45. The average molecular weight is 308 g/mol. The fourth-order valence-corrected chi connectivity index (χ4v) is 2.95. The van der Waals surface area contributed by atoms with Crippen molar-refractivity contribution in [3.63, 3.8) is 0 Å². The van der Waals surface area contributed by atoms with Crippen LogP contribution in [0.2, 0.25) is 0 Å². The van der Waals surface area contributed by atoms with Crippen LogP contribution in [0.25, 0.3) is 0 Å². The third-order valence-electron chi connectivity index (χ3n) is 3.85. The molecule has 2 amide bonds. The Morgan fingerprint density at radius 3 is 2.64 bits per heavy atom. The topological polar surface area (TPSA) is 41.6 Å². The number of piperidine rings is 1. The maximum atomic E-state index is 13.5. The highest BCUT2D eigenvalue weighted by Crippen LogP contribution is 2.21. The Kier molecular flexibility index (Phi) is 5.63. The van der Waals surface area contributed by atoms with E-state index in [4.69, 9.17) is 4.74 Å². The van der Waals surface area contributed by atoms with Crippen molar-refractivity contribution in [2.45, 2.75) is 33.2 Å². The van der Waals surface area contributed by atoms with Gasteiger partial charge in [0.1, 0.15) is 6.61 Å². The Hall–Kier alpha value is -1.78.